The Balaban J connectivity index is 1.20. The molecule has 1 atom stereocenters. The molecule has 3 aliphatic rings. The van der Waals surface area contributed by atoms with E-state index in [2.05, 4.69) is 20.2 Å². The van der Waals surface area contributed by atoms with Crippen molar-refractivity contribution in [3.63, 3.8) is 0 Å². The molecule has 33 heavy (non-hydrogen) atoms. The van der Waals surface area contributed by atoms with Crippen LogP contribution in [0.5, 0.6) is 5.75 Å². The molecule has 0 radical (unpaired) electrons. The van der Waals surface area contributed by atoms with Gasteiger partial charge < -0.3 is 19.8 Å². The highest BCUT2D eigenvalue weighted by Gasteiger charge is 2.27. The van der Waals surface area contributed by atoms with Gasteiger partial charge in [-0.1, -0.05) is 0 Å². The van der Waals surface area contributed by atoms with Crippen molar-refractivity contribution in [1.82, 2.24) is 20.2 Å². The van der Waals surface area contributed by atoms with Gasteiger partial charge in [0.25, 0.3) is 5.56 Å². The Morgan fingerprint density at radius 3 is 2.76 bits per heavy atom. The molecule has 4 heterocycles. The molecule has 3 aliphatic heterocycles. The normalized spacial score (nSPS) is 23.4. The number of nitrogens with one attached hydrogen (secondary N) is 2. The van der Waals surface area contributed by atoms with Gasteiger partial charge in [0, 0.05) is 43.2 Å². The van der Waals surface area contributed by atoms with Crippen LogP contribution in [0, 0.1) is 11.7 Å². The van der Waals surface area contributed by atoms with Crippen molar-refractivity contribution in [3.05, 3.63) is 34.1 Å². The summed E-state index contributed by atoms with van der Waals surface area (Å²) in [6.07, 6.45) is 5.44. The van der Waals surface area contributed by atoms with Crippen LogP contribution in [0.1, 0.15) is 37.9 Å². The summed E-state index contributed by atoms with van der Waals surface area (Å²) in [5, 5.41) is 3.94. The minimum Gasteiger partial charge on any atom is -0.493 e. The number of hydrogen-bond acceptors (Lipinski definition) is 7. The largest absolute Gasteiger partial charge is 0.493 e. The van der Waals surface area contributed by atoms with Gasteiger partial charge in [0.2, 0.25) is 0 Å². The van der Waals surface area contributed by atoms with E-state index in [-0.39, 0.29) is 5.39 Å². The third-order valence-corrected chi connectivity index (χ3v) is 8.48. The van der Waals surface area contributed by atoms with Gasteiger partial charge in [0.15, 0.2) is 0 Å². The molecular formula is C24H33FN4O3S. The number of hydrogen-bond donors (Lipinski definition) is 2. The highest BCUT2D eigenvalue weighted by Crippen LogP contribution is 2.27. The molecule has 0 amide bonds. The van der Waals surface area contributed by atoms with Crippen LogP contribution in [0.4, 0.5) is 4.39 Å². The molecule has 1 aromatic heterocycles. The third-order valence-electron chi connectivity index (χ3n) is 7.09. The average Bonchev–Trinajstić information content (AvgIpc) is 3.37. The first-order valence-corrected chi connectivity index (χ1v) is 13.2. The van der Waals surface area contributed by atoms with Crippen molar-refractivity contribution in [3.8, 4) is 5.75 Å². The minimum atomic E-state index is -0.580. The van der Waals surface area contributed by atoms with E-state index in [1.165, 1.54) is 12.5 Å². The predicted molar refractivity (Wildman–Crippen MR) is 129 cm³/mol. The number of nitrogens with zero attached hydrogens (tertiary/aromatic N) is 2. The van der Waals surface area contributed by atoms with E-state index in [1.807, 2.05) is 0 Å². The summed E-state index contributed by atoms with van der Waals surface area (Å²) in [6, 6.07) is 3.69. The molecule has 0 bridgehead atoms. The number of fused-ring (bicyclic) bond motifs is 1. The molecule has 3 fully saturated rings. The number of H-pyrrole nitrogens is 1. The molecule has 3 saturated heterocycles. The lowest BCUT2D eigenvalue weighted by atomic mass is 9.96. The van der Waals surface area contributed by atoms with Crippen LogP contribution in [-0.4, -0.2) is 72.2 Å². The Hall–Kier alpha value is -1.68. The summed E-state index contributed by atoms with van der Waals surface area (Å²) in [4.78, 5) is 22.4. The molecule has 1 unspecified atom stereocenters. The van der Waals surface area contributed by atoms with E-state index >= 15 is 0 Å². The van der Waals surface area contributed by atoms with Gasteiger partial charge in [0.1, 0.15) is 22.8 Å². The maximum atomic E-state index is 14.7. The predicted octanol–water partition coefficient (Wildman–Crippen LogP) is 2.93. The molecule has 5 rings (SSSR count). The summed E-state index contributed by atoms with van der Waals surface area (Å²) in [5.74, 6) is 1.51. The van der Waals surface area contributed by atoms with Gasteiger partial charge in [-0.25, -0.2) is 9.37 Å². The first kappa shape index (κ1) is 23.1. The smallest absolute Gasteiger partial charge is 0.261 e. The third kappa shape index (κ3) is 5.70. The fraction of sp³-hybridized carbons (Fsp3) is 0.667. The Bertz CT molecular complexity index is 999. The number of piperidine rings is 1. The summed E-state index contributed by atoms with van der Waals surface area (Å²) < 4.78 is 26.1. The standard InChI is InChI=1S/C24H33FN4O3S/c25-20-11-18(32-14-16-2-7-29(8-3-16)17-1-6-26-13-17)12-21-23(20)24(30)28-22(27-21)15-33-19-4-9-31-10-5-19/h11-12,16-17,19,26H,1-10,13-15H2,(H,27,28,30). The monoisotopic (exact) mass is 476 g/mol. The molecule has 9 heteroatoms. The highest BCUT2D eigenvalue weighted by atomic mass is 32.2. The van der Waals surface area contributed by atoms with E-state index < -0.39 is 11.4 Å². The number of thioether (sulfide) groups is 1. The first-order valence-electron chi connectivity index (χ1n) is 12.1. The van der Waals surface area contributed by atoms with Gasteiger partial charge in [-0.15, -0.1) is 0 Å². The van der Waals surface area contributed by atoms with E-state index in [0.29, 0.717) is 46.7 Å². The summed E-state index contributed by atoms with van der Waals surface area (Å²) in [6.45, 7) is 6.53. The summed E-state index contributed by atoms with van der Waals surface area (Å²) in [5.41, 5.74) is -0.0692. The SMILES string of the molecule is O=c1[nH]c(CSC2CCOCC2)nc2cc(OCC3CCN(C4CCNC4)CC3)cc(F)c12. The number of likely N-dealkylation sites (tertiary alicyclic amines) is 1. The molecule has 2 aromatic rings. The topological polar surface area (TPSA) is 79.5 Å². The maximum Gasteiger partial charge on any atom is 0.261 e. The van der Waals surface area contributed by atoms with Crippen LogP contribution >= 0.6 is 11.8 Å². The lowest BCUT2D eigenvalue weighted by Crippen LogP contribution is -2.43. The number of rotatable bonds is 7. The molecule has 2 N–H and O–H groups in total. The number of halogens is 1. The number of ether oxygens (including phenoxy) is 2. The summed E-state index contributed by atoms with van der Waals surface area (Å²) >= 11 is 1.77. The lowest BCUT2D eigenvalue weighted by molar-refractivity contribution is 0.1000. The van der Waals surface area contributed by atoms with E-state index in [0.717, 1.165) is 65.1 Å². The van der Waals surface area contributed by atoms with Crippen molar-refractivity contribution in [2.75, 3.05) is 46.0 Å². The number of aromatic nitrogens is 2. The Morgan fingerprint density at radius 2 is 2.00 bits per heavy atom. The van der Waals surface area contributed by atoms with Crippen LogP contribution in [0.3, 0.4) is 0 Å². The maximum absolute atomic E-state index is 14.7. The zero-order valence-electron chi connectivity index (χ0n) is 19.0. The van der Waals surface area contributed by atoms with Crippen LogP contribution in [0.15, 0.2) is 16.9 Å². The lowest BCUT2D eigenvalue weighted by Gasteiger charge is -2.35. The zero-order chi connectivity index (χ0) is 22.6. The molecular weight excluding hydrogens is 443 g/mol. The molecule has 0 saturated carbocycles. The second-order valence-electron chi connectivity index (χ2n) is 9.37. The number of benzene rings is 1. The highest BCUT2D eigenvalue weighted by molar-refractivity contribution is 7.99. The van der Waals surface area contributed by atoms with Crippen molar-refractivity contribution in [2.45, 2.75) is 49.1 Å². The van der Waals surface area contributed by atoms with Gasteiger partial charge >= 0.3 is 0 Å². The molecule has 0 aliphatic carbocycles. The van der Waals surface area contributed by atoms with E-state index in [1.54, 1.807) is 17.8 Å². The second kappa shape index (κ2) is 10.7. The minimum absolute atomic E-state index is 0.000600. The first-order chi connectivity index (χ1) is 16.2. The van der Waals surface area contributed by atoms with E-state index in [9.17, 15) is 9.18 Å². The van der Waals surface area contributed by atoms with Gasteiger partial charge in [-0.05, 0) is 57.7 Å². The Morgan fingerprint density at radius 1 is 1.18 bits per heavy atom. The van der Waals surface area contributed by atoms with Crippen molar-refractivity contribution < 1.29 is 13.9 Å². The van der Waals surface area contributed by atoms with Crippen LogP contribution < -0.4 is 15.6 Å². The molecule has 180 valence electrons. The quantitative estimate of drug-likeness (QED) is 0.636. The Labute approximate surface area is 197 Å². The van der Waals surface area contributed by atoms with Gasteiger partial charge in [0.05, 0.1) is 17.9 Å². The Kier molecular flexibility index (Phi) is 7.49. The van der Waals surface area contributed by atoms with Gasteiger partial charge in [-0.3, -0.25) is 9.69 Å². The van der Waals surface area contributed by atoms with Crippen molar-refractivity contribution in [1.29, 1.82) is 0 Å². The summed E-state index contributed by atoms with van der Waals surface area (Å²) in [7, 11) is 0. The molecule has 7 nitrogen and oxygen atoms in total. The number of aromatic amines is 1. The molecule has 0 spiro atoms. The van der Waals surface area contributed by atoms with Crippen LogP contribution in [0.2, 0.25) is 0 Å². The molecule has 1 aromatic carbocycles. The van der Waals surface area contributed by atoms with E-state index in [4.69, 9.17) is 9.47 Å². The second-order valence-corrected chi connectivity index (χ2v) is 10.7. The van der Waals surface area contributed by atoms with Gasteiger partial charge in [-0.2, -0.15) is 11.8 Å². The zero-order valence-corrected chi connectivity index (χ0v) is 19.8. The van der Waals surface area contributed by atoms with Crippen molar-refractivity contribution >= 4 is 22.7 Å². The van der Waals surface area contributed by atoms with Crippen LogP contribution in [-0.2, 0) is 10.5 Å². The van der Waals surface area contributed by atoms with Crippen LogP contribution in [0.25, 0.3) is 10.9 Å². The van der Waals surface area contributed by atoms with Crippen molar-refractivity contribution in [2.24, 2.45) is 5.92 Å². The fourth-order valence-electron chi connectivity index (χ4n) is 5.09. The fourth-order valence-corrected chi connectivity index (χ4v) is 6.14. The average molecular weight is 477 g/mol.